The minimum absolute atomic E-state index is 0.0754. The fourth-order valence-electron chi connectivity index (χ4n) is 1.65. The number of nitrogens with one attached hydrogen (secondary N) is 1. The SMILES string of the molecule is CCOCCCNC(=O)CSc1cc(C)c(Br)cc1C. The molecule has 0 unspecified atom stereocenters. The van der Waals surface area contributed by atoms with E-state index in [0.29, 0.717) is 18.9 Å². The van der Waals surface area contributed by atoms with E-state index < -0.39 is 0 Å². The van der Waals surface area contributed by atoms with Crippen molar-refractivity contribution >= 4 is 33.6 Å². The highest BCUT2D eigenvalue weighted by atomic mass is 79.9. The van der Waals surface area contributed by atoms with Crippen LogP contribution < -0.4 is 5.32 Å². The molecule has 0 saturated carbocycles. The Bertz CT molecular complexity index is 452. The van der Waals surface area contributed by atoms with Gasteiger partial charge in [-0.2, -0.15) is 0 Å². The van der Waals surface area contributed by atoms with Gasteiger partial charge in [0.2, 0.25) is 5.91 Å². The molecule has 0 heterocycles. The van der Waals surface area contributed by atoms with Crippen molar-refractivity contribution in [1.29, 1.82) is 0 Å². The first-order valence-corrected chi connectivity index (χ1v) is 8.56. The molecule has 20 heavy (non-hydrogen) atoms. The Morgan fingerprint density at radius 1 is 1.35 bits per heavy atom. The maximum atomic E-state index is 11.7. The van der Waals surface area contributed by atoms with Gasteiger partial charge in [-0.05, 0) is 50.5 Å². The van der Waals surface area contributed by atoms with Gasteiger partial charge in [-0.25, -0.2) is 0 Å². The summed E-state index contributed by atoms with van der Waals surface area (Å²) in [6.07, 6.45) is 0.862. The van der Waals surface area contributed by atoms with Crippen LogP contribution in [-0.4, -0.2) is 31.4 Å². The fourth-order valence-corrected chi connectivity index (χ4v) is 3.04. The van der Waals surface area contributed by atoms with Gasteiger partial charge in [0.1, 0.15) is 0 Å². The minimum Gasteiger partial charge on any atom is -0.382 e. The molecule has 1 aromatic carbocycles. The zero-order chi connectivity index (χ0) is 15.0. The minimum atomic E-state index is 0.0754. The molecular formula is C15H22BrNO2S. The predicted molar refractivity (Wildman–Crippen MR) is 88.5 cm³/mol. The quantitative estimate of drug-likeness (QED) is 0.568. The van der Waals surface area contributed by atoms with Gasteiger partial charge in [0.15, 0.2) is 0 Å². The summed E-state index contributed by atoms with van der Waals surface area (Å²) in [7, 11) is 0. The Hall–Kier alpha value is -0.520. The topological polar surface area (TPSA) is 38.3 Å². The number of aryl methyl sites for hydroxylation is 2. The van der Waals surface area contributed by atoms with Crippen LogP contribution in [0.25, 0.3) is 0 Å². The summed E-state index contributed by atoms with van der Waals surface area (Å²) in [5.41, 5.74) is 2.38. The van der Waals surface area contributed by atoms with Gasteiger partial charge in [-0.15, -0.1) is 11.8 Å². The summed E-state index contributed by atoms with van der Waals surface area (Å²) in [6, 6.07) is 4.21. The van der Waals surface area contributed by atoms with Crippen LogP contribution in [0.5, 0.6) is 0 Å². The molecule has 0 aliphatic carbocycles. The van der Waals surface area contributed by atoms with Crippen molar-refractivity contribution < 1.29 is 9.53 Å². The zero-order valence-electron chi connectivity index (χ0n) is 12.3. The van der Waals surface area contributed by atoms with E-state index >= 15 is 0 Å². The number of carbonyl (C=O) groups excluding carboxylic acids is 1. The van der Waals surface area contributed by atoms with E-state index in [-0.39, 0.29) is 5.91 Å². The van der Waals surface area contributed by atoms with Crippen LogP contribution in [0.3, 0.4) is 0 Å². The number of hydrogen-bond donors (Lipinski definition) is 1. The molecule has 1 N–H and O–H groups in total. The maximum Gasteiger partial charge on any atom is 0.230 e. The van der Waals surface area contributed by atoms with Crippen LogP contribution in [0, 0.1) is 13.8 Å². The Kier molecular flexibility index (Phi) is 8.26. The second-order valence-electron chi connectivity index (χ2n) is 4.56. The Labute approximate surface area is 134 Å². The first kappa shape index (κ1) is 17.5. The molecule has 0 radical (unpaired) electrons. The fraction of sp³-hybridized carbons (Fsp3) is 0.533. The highest BCUT2D eigenvalue weighted by molar-refractivity contribution is 9.10. The Balaban J connectivity index is 2.32. The van der Waals surface area contributed by atoms with Crippen LogP contribution in [0.2, 0.25) is 0 Å². The molecule has 0 fully saturated rings. The van der Waals surface area contributed by atoms with E-state index in [1.54, 1.807) is 11.8 Å². The summed E-state index contributed by atoms with van der Waals surface area (Å²) in [5, 5.41) is 2.91. The van der Waals surface area contributed by atoms with E-state index in [1.807, 2.05) is 6.92 Å². The smallest absolute Gasteiger partial charge is 0.230 e. The normalized spacial score (nSPS) is 10.6. The summed E-state index contributed by atoms with van der Waals surface area (Å²) >= 11 is 5.10. The van der Waals surface area contributed by atoms with E-state index in [1.165, 1.54) is 11.1 Å². The van der Waals surface area contributed by atoms with Crippen molar-refractivity contribution in [3.8, 4) is 0 Å². The molecule has 1 amide bonds. The Morgan fingerprint density at radius 3 is 2.80 bits per heavy atom. The maximum absolute atomic E-state index is 11.7. The summed E-state index contributed by atoms with van der Waals surface area (Å²) in [4.78, 5) is 12.9. The lowest BCUT2D eigenvalue weighted by Crippen LogP contribution is -2.26. The van der Waals surface area contributed by atoms with Crippen molar-refractivity contribution in [3.05, 3.63) is 27.7 Å². The van der Waals surface area contributed by atoms with E-state index in [4.69, 9.17) is 4.74 Å². The number of thioether (sulfide) groups is 1. The van der Waals surface area contributed by atoms with Gasteiger partial charge < -0.3 is 10.1 Å². The zero-order valence-corrected chi connectivity index (χ0v) is 14.7. The van der Waals surface area contributed by atoms with Crippen molar-refractivity contribution in [2.75, 3.05) is 25.5 Å². The highest BCUT2D eigenvalue weighted by Crippen LogP contribution is 2.28. The van der Waals surface area contributed by atoms with Crippen molar-refractivity contribution in [2.24, 2.45) is 0 Å². The first-order chi connectivity index (χ1) is 9.54. The van der Waals surface area contributed by atoms with Crippen LogP contribution in [0.1, 0.15) is 24.5 Å². The second kappa shape index (κ2) is 9.42. The van der Waals surface area contributed by atoms with Crippen LogP contribution >= 0.6 is 27.7 Å². The predicted octanol–water partition coefficient (Wildman–Crippen LogP) is 3.70. The molecule has 0 spiro atoms. The summed E-state index contributed by atoms with van der Waals surface area (Å²) in [5.74, 6) is 0.530. The third-order valence-electron chi connectivity index (χ3n) is 2.81. The van der Waals surface area contributed by atoms with Crippen LogP contribution in [0.15, 0.2) is 21.5 Å². The van der Waals surface area contributed by atoms with E-state index in [2.05, 4.69) is 47.2 Å². The van der Waals surface area contributed by atoms with Crippen molar-refractivity contribution in [3.63, 3.8) is 0 Å². The summed E-state index contributed by atoms with van der Waals surface area (Å²) in [6.45, 7) is 8.20. The van der Waals surface area contributed by atoms with Gasteiger partial charge in [-0.3, -0.25) is 4.79 Å². The number of rotatable bonds is 8. The molecule has 0 aromatic heterocycles. The molecule has 112 valence electrons. The molecule has 0 saturated heterocycles. The Morgan fingerprint density at radius 2 is 2.10 bits per heavy atom. The standard InChI is InChI=1S/C15H22BrNO2S/c1-4-19-7-5-6-17-15(18)10-20-14-9-11(2)13(16)8-12(14)3/h8-9H,4-7,10H2,1-3H3,(H,17,18). The number of ether oxygens (including phenoxy) is 1. The lowest BCUT2D eigenvalue weighted by Gasteiger charge is -2.09. The number of carbonyl (C=O) groups is 1. The second-order valence-corrected chi connectivity index (χ2v) is 6.43. The molecule has 0 aliphatic rings. The number of benzene rings is 1. The number of hydrogen-bond acceptors (Lipinski definition) is 3. The molecule has 0 atom stereocenters. The van der Waals surface area contributed by atoms with Gasteiger partial charge in [0.05, 0.1) is 5.75 Å². The lowest BCUT2D eigenvalue weighted by atomic mass is 10.2. The van der Waals surface area contributed by atoms with Crippen LogP contribution in [-0.2, 0) is 9.53 Å². The third kappa shape index (κ3) is 6.29. The van der Waals surface area contributed by atoms with Crippen molar-refractivity contribution in [2.45, 2.75) is 32.1 Å². The van der Waals surface area contributed by atoms with E-state index in [9.17, 15) is 4.79 Å². The average molecular weight is 360 g/mol. The lowest BCUT2D eigenvalue weighted by molar-refractivity contribution is -0.118. The average Bonchev–Trinajstić information content (AvgIpc) is 2.41. The van der Waals surface area contributed by atoms with Gasteiger partial charge in [0.25, 0.3) is 0 Å². The number of halogens is 1. The molecule has 5 heteroatoms. The molecule has 3 nitrogen and oxygen atoms in total. The monoisotopic (exact) mass is 359 g/mol. The molecule has 0 bridgehead atoms. The molecule has 1 aromatic rings. The third-order valence-corrected chi connectivity index (χ3v) is 4.82. The van der Waals surface area contributed by atoms with E-state index in [0.717, 1.165) is 22.4 Å². The number of amides is 1. The molecule has 1 rings (SSSR count). The highest BCUT2D eigenvalue weighted by Gasteiger charge is 2.06. The van der Waals surface area contributed by atoms with Crippen LogP contribution in [0.4, 0.5) is 0 Å². The van der Waals surface area contributed by atoms with Gasteiger partial charge >= 0.3 is 0 Å². The molecule has 0 aliphatic heterocycles. The van der Waals surface area contributed by atoms with Gasteiger partial charge in [-0.1, -0.05) is 15.9 Å². The molecular weight excluding hydrogens is 338 g/mol. The largest absolute Gasteiger partial charge is 0.382 e. The summed E-state index contributed by atoms with van der Waals surface area (Å²) < 4.78 is 6.33. The van der Waals surface area contributed by atoms with Crippen molar-refractivity contribution in [1.82, 2.24) is 5.32 Å². The first-order valence-electron chi connectivity index (χ1n) is 6.78. The van der Waals surface area contributed by atoms with Gasteiger partial charge in [0, 0.05) is 29.1 Å².